The quantitative estimate of drug-likeness (QED) is 0.554. The average Bonchev–Trinajstić information content (AvgIpc) is 3.27. The lowest BCUT2D eigenvalue weighted by Gasteiger charge is -2.26. The van der Waals surface area contributed by atoms with E-state index < -0.39 is 0 Å². The van der Waals surface area contributed by atoms with Crippen LogP contribution < -0.4 is 20.3 Å². The van der Waals surface area contributed by atoms with Crippen LogP contribution in [-0.2, 0) is 19.1 Å². The normalized spacial score (nSPS) is 18.2. The van der Waals surface area contributed by atoms with Gasteiger partial charge in [-0.25, -0.2) is 0 Å². The molecule has 4 rings (SSSR count). The van der Waals surface area contributed by atoms with Crippen LogP contribution in [0.1, 0.15) is 17.5 Å². The number of nitrogens with zero attached hydrogens (tertiary/aromatic N) is 2. The van der Waals surface area contributed by atoms with Crippen LogP contribution in [0.25, 0.3) is 0 Å². The molecule has 0 unspecified atom stereocenters. The number of hydrogen-bond donors (Lipinski definition) is 2. The van der Waals surface area contributed by atoms with Crippen molar-refractivity contribution >= 4 is 29.1 Å². The fraction of sp³-hybridized carbons (Fsp3) is 0.444. The molecule has 9 heteroatoms. The second-order valence-corrected chi connectivity index (χ2v) is 9.25. The van der Waals surface area contributed by atoms with Crippen molar-refractivity contribution in [2.45, 2.75) is 20.3 Å². The van der Waals surface area contributed by atoms with Crippen molar-refractivity contribution in [3.8, 4) is 5.75 Å². The summed E-state index contributed by atoms with van der Waals surface area (Å²) in [7, 11) is 0. The lowest BCUT2D eigenvalue weighted by Crippen LogP contribution is -2.42. The summed E-state index contributed by atoms with van der Waals surface area (Å²) in [4.78, 5) is 41.4. The molecule has 2 aromatic rings. The fourth-order valence-corrected chi connectivity index (χ4v) is 4.50. The fourth-order valence-electron chi connectivity index (χ4n) is 4.50. The van der Waals surface area contributed by atoms with E-state index in [4.69, 9.17) is 9.47 Å². The Balaban J connectivity index is 1.23. The number of nitrogens with one attached hydrogen (secondary N) is 2. The van der Waals surface area contributed by atoms with Gasteiger partial charge in [-0.1, -0.05) is 18.2 Å². The van der Waals surface area contributed by atoms with Gasteiger partial charge in [0, 0.05) is 50.5 Å². The maximum atomic E-state index is 12.6. The number of carbonyl (C=O) groups is 3. The molecule has 9 nitrogen and oxygen atoms in total. The summed E-state index contributed by atoms with van der Waals surface area (Å²) in [5.74, 6) is -0.251. The number of rotatable bonds is 9. The van der Waals surface area contributed by atoms with Crippen LogP contribution >= 0.6 is 0 Å². The van der Waals surface area contributed by atoms with Gasteiger partial charge >= 0.3 is 0 Å². The number of amides is 3. The number of para-hydroxylation sites is 1. The van der Waals surface area contributed by atoms with Gasteiger partial charge in [0.2, 0.25) is 11.8 Å². The highest BCUT2D eigenvalue weighted by Gasteiger charge is 2.35. The molecule has 0 bridgehead atoms. The molecular formula is C27H34N4O5. The monoisotopic (exact) mass is 494 g/mol. The zero-order valence-corrected chi connectivity index (χ0v) is 20.9. The molecule has 3 amide bonds. The van der Waals surface area contributed by atoms with Crippen molar-refractivity contribution in [3.63, 3.8) is 0 Å². The third-order valence-electron chi connectivity index (χ3n) is 6.59. The van der Waals surface area contributed by atoms with Crippen molar-refractivity contribution < 1.29 is 23.9 Å². The number of ether oxygens (including phenoxy) is 2. The highest BCUT2D eigenvalue weighted by molar-refractivity contribution is 6.00. The summed E-state index contributed by atoms with van der Waals surface area (Å²) in [6.07, 6.45) is 0.195. The van der Waals surface area contributed by atoms with E-state index in [0.29, 0.717) is 24.5 Å². The standard InChI is InChI=1S/C27H34N4O5/c1-19-4-3-5-20(2)26(19)29-24(32)18-36-23-8-6-22(7-9-23)31-17-21(16-25(31)33)27(34)28-10-11-30-12-14-35-15-13-30/h3-9,21H,10-18H2,1-2H3,(H,28,34)(H,29,32)/t21-/m1/s1. The first-order valence-electron chi connectivity index (χ1n) is 12.4. The molecule has 2 fully saturated rings. The predicted molar refractivity (Wildman–Crippen MR) is 137 cm³/mol. The smallest absolute Gasteiger partial charge is 0.262 e. The second kappa shape index (κ2) is 12.0. The third kappa shape index (κ3) is 6.61. The van der Waals surface area contributed by atoms with Crippen molar-refractivity contribution in [1.29, 1.82) is 0 Å². The molecule has 0 aromatic heterocycles. The van der Waals surface area contributed by atoms with Crippen LogP contribution in [-0.4, -0.2) is 75.2 Å². The van der Waals surface area contributed by atoms with Crippen LogP contribution in [0.4, 0.5) is 11.4 Å². The van der Waals surface area contributed by atoms with E-state index in [0.717, 1.165) is 49.7 Å². The zero-order valence-electron chi connectivity index (χ0n) is 20.9. The maximum Gasteiger partial charge on any atom is 0.262 e. The summed E-state index contributed by atoms with van der Waals surface area (Å²) >= 11 is 0. The molecule has 0 radical (unpaired) electrons. The molecular weight excluding hydrogens is 460 g/mol. The molecule has 0 aliphatic carbocycles. The first-order chi connectivity index (χ1) is 17.4. The van der Waals surface area contributed by atoms with E-state index in [9.17, 15) is 14.4 Å². The van der Waals surface area contributed by atoms with Gasteiger partial charge in [0.15, 0.2) is 6.61 Å². The Kier molecular flexibility index (Phi) is 8.56. The van der Waals surface area contributed by atoms with E-state index >= 15 is 0 Å². The Hall–Kier alpha value is -3.43. The highest BCUT2D eigenvalue weighted by Crippen LogP contribution is 2.27. The van der Waals surface area contributed by atoms with Crippen molar-refractivity contribution in [2.24, 2.45) is 5.92 Å². The molecule has 2 saturated heterocycles. The average molecular weight is 495 g/mol. The largest absolute Gasteiger partial charge is 0.484 e. The first kappa shape index (κ1) is 25.7. The van der Waals surface area contributed by atoms with E-state index in [2.05, 4.69) is 15.5 Å². The van der Waals surface area contributed by atoms with E-state index in [1.807, 2.05) is 32.0 Å². The summed E-state index contributed by atoms with van der Waals surface area (Å²) in [6.45, 7) is 8.67. The Morgan fingerprint density at radius 1 is 1.06 bits per heavy atom. The molecule has 36 heavy (non-hydrogen) atoms. The molecule has 1 atom stereocenters. The minimum Gasteiger partial charge on any atom is -0.484 e. The van der Waals surface area contributed by atoms with Gasteiger partial charge in [0.1, 0.15) is 5.75 Å². The lowest BCUT2D eigenvalue weighted by molar-refractivity contribution is -0.126. The third-order valence-corrected chi connectivity index (χ3v) is 6.59. The van der Waals surface area contributed by atoms with E-state index in [1.165, 1.54) is 0 Å². The van der Waals surface area contributed by atoms with Crippen LogP contribution in [0.3, 0.4) is 0 Å². The van der Waals surface area contributed by atoms with Gasteiger partial charge < -0.3 is 25.0 Å². The topological polar surface area (TPSA) is 100 Å². The molecule has 2 heterocycles. The van der Waals surface area contributed by atoms with Crippen LogP contribution in [0, 0.1) is 19.8 Å². The zero-order chi connectivity index (χ0) is 25.5. The van der Waals surface area contributed by atoms with E-state index in [1.54, 1.807) is 29.2 Å². The first-order valence-corrected chi connectivity index (χ1v) is 12.4. The Bertz CT molecular complexity index is 1060. The van der Waals surface area contributed by atoms with Crippen molar-refractivity contribution in [2.75, 3.05) is 62.8 Å². The molecule has 0 saturated carbocycles. The van der Waals surface area contributed by atoms with Gasteiger partial charge in [0.05, 0.1) is 19.1 Å². The number of morpholine rings is 1. The van der Waals surface area contributed by atoms with Crippen molar-refractivity contribution in [1.82, 2.24) is 10.2 Å². The van der Waals surface area contributed by atoms with Gasteiger partial charge in [-0.05, 0) is 49.2 Å². The van der Waals surface area contributed by atoms with Crippen LogP contribution in [0.15, 0.2) is 42.5 Å². The van der Waals surface area contributed by atoms with Gasteiger partial charge in [-0.15, -0.1) is 0 Å². The minimum atomic E-state index is -0.369. The summed E-state index contributed by atoms with van der Waals surface area (Å²) in [5.41, 5.74) is 3.49. The highest BCUT2D eigenvalue weighted by atomic mass is 16.5. The Labute approximate surface area is 211 Å². The molecule has 2 N–H and O–H groups in total. The SMILES string of the molecule is Cc1cccc(C)c1NC(=O)COc1ccc(N2C[C@H](C(=O)NCCN3CCOCC3)CC2=O)cc1. The lowest BCUT2D eigenvalue weighted by atomic mass is 10.1. The maximum absolute atomic E-state index is 12.6. The van der Waals surface area contributed by atoms with Crippen LogP contribution in [0.5, 0.6) is 5.75 Å². The van der Waals surface area contributed by atoms with Gasteiger partial charge in [0.25, 0.3) is 5.91 Å². The van der Waals surface area contributed by atoms with Gasteiger partial charge in [-0.2, -0.15) is 0 Å². The number of anilines is 2. The summed E-state index contributed by atoms with van der Waals surface area (Å²) in [5, 5.41) is 5.86. The molecule has 2 aliphatic rings. The second-order valence-electron chi connectivity index (χ2n) is 9.25. The summed E-state index contributed by atoms with van der Waals surface area (Å²) < 4.78 is 11.0. The van der Waals surface area contributed by atoms with Gasteiger partial charge in [-0.3, -0.25) is 19.3 Å². The molecule has 192 valence electrons. The van der Waals surface area contributed by atoms with E-state index in [-0.39, 0.29) is 36.7 Å². The molecule has 0 spiro atoms. The number of benzene rings is 2. The number of hydrogen-bond acceptors (Lipinski definition) is 6. The molecule has 2 aliphatic heterocycles. The van der Waals surface area contributed by atoms with Crippen molar-refractivity contribution in [3.05, 3.63) is 53.6 Å². The number of aryl methyl sites for hydroxylation is 2. The van der Waals surface area contributed by atoms with Crippen LogP contribution in [0.2, 0.25) is 0 Å². The number of carbonyl (C=O) groups excluding carboxylic acids is 3. The minimum absolute atomic E-state index is 0.0787. The predicted octanol–water partition coefficient (Wildman–Crippen LogP) is 2.12. The summed E-state index contributed by atoms with van der Waals surface area (Å²) in [6, 6.07) is 12.8. The Morgan fingerprint density at radius 2 is 1.75 bits per heavy atom. The Morgan fingerprint density at radius 3 is 2.44 bits per heavy atom. The molecule has 2 aromatic carbocycles.